The number of amides is 2. The van der Waals surface area contributed by atoms with Gasteiger partial charge in [0.2, 0.25) is 0 Å². The van der Waals surface area contributed by atoms with E-state index in [4.69, 9.17) is 4.74 Å². The van der Waals surface area contributed by atoms with Gasteiger partial charge in [0.1, 0.15) is 23.3 Å². The lowest BCUT2D eigenvalue weighted by Crippen LogP contribution is -2.66. The second-order valence-electron chi connectivity index (χ2n) is 10.4. The smallest absolute Gasteiger partial charge is 0.340 e. The third kappa shape index (κ3) is 4.87. The third-order valence-electron chi connectivity index (χ3n) is 8.00. The number of methoxy groups -OCH3 is 1. The van der Waals surface area contributed by atoms with Gasteiger partial charge in [-0.3, -0.25) is 9.58 Å². The molecule has 0 radical (unpaired) electrons. The summed E-state index contributed by atoms with van der Waals surface area (Å²) in [5.41, 5.74) is 2.14. The number of carbonyl (C=O) groups is 2. The Morgan fingerprint density at radius 2 is 2.05 bits per heavy atom. The number of ether oxygens (including phenoxy) is 1. The highest BCUT2D eigenvalue weighted by Gasteiger charge is 2.48. The van der Waals surface area contributed by atoms with E-state index in [0.717, 1.165) is 41.2 Å². The molecular weight excluding hydrogens is 529 g/mol. The highest BCUT2D eigenvalue weighted by atomic mass is 19.1. The molecule has 6 rings (SSSR count). The quantitative estimate of drug-likeness (QED) is 0.343. The number of nitriles is 1. The van der Waals surface area contributed by atoms with E-state index in [1.54, 1.807) is 11.1 Å². The molecule has 0 atom stereocenters. The Morgan fingerprint density at radius 3 is 2.80 bits per heavy atom. The topological polar surface area (TPSA) is 145 Å². The number of hydrogen-bond donors (Lipinski definition) is 2. The highest BCUT2D eigenvalue weighted by molar-refractivity contribution is 6.00. The molecule has 0 bridgehead atoms. The lowest BCUT2D eigenvalue weighted by Gasteiger charge is -2.53. The maximum atomic E-state index is 13.7. The van der Waals surface area contributed by atoms with Gasteiger partial charge in [-0.15, -0.1) is 0 Å². The first-order valence-corrected chi connectivity index (χ1v) is 13.3. The number of hydrogen-bond acceptors (Lipinski definition) is 8. The van der Waals surface area contributed by atoms with Crippen molar-refractivity contribution in [3.8, 4) is 17.3 Å². The van der Waals surface area contributed by atoms with Crippen molar-refractivity contribution >= 4 is 28.7 Å². The van der Waals surface area contributed by atoms with Crippen LogP contribution in [0.1, 0.15) is 29.6 Å². The van der Waals surface area contributed by atoms with Crippen LogP contribution in [0, 0.1) is 17.1 Å². The average Bonchev–Trinajstić information content (AvgIpc) is 3.66. The Kier molecular flexibility index (Phi) is 6.84. The van der Waals surface area contributed by atoms with Gasteiger partial charge in [-0.2, -0.15) is 10.4 Å². The summed E-state index contributed by atoms with van der Waals surface area (Å²) in [4.78, 5) is 40.8. The van der Waals surface area contributed by atoms with Crippen LogP contribution >= 0.6 is 0 Å². The van der Waals surface area contributed by atoms with Crippen LogP contribution in [0.5, 0.6) is 0 Å². The number of likely N-dealkylation sites (tertiary alicyclic amines) is 2. The second-order valence-corrected chi connectivity index (χ2v) is 10.4. The standard InChI is InChI=1S/C28H28FN9O3/c1-41-26(39)22-12-19(29)2-3-23(22)35-27(40)36-10-5-20(6-11-36)37-15-28(16-37,7-8-30)38-14-18(13-34-38)24-21-4-9-31-25(21)33-17-32-24/h2-4,9,12-14,17,20H,5-7,10-11,15-16H2,1H3,(H,35,40)(H,31,32,33). The molecule has 0 spiro atoms. The SMILES string of the molecule is COC(=O)c1cc(F)ccc1NC(=O)N1CCC(N2CC(CC#N)(n3cc(-c4ncnc5[nH]ccc45)cn3)C2)CC1. The van der Waals surface area contributed by atoms with Crippen LogP contribution in [0.15, 0.2) is 49.2 Å². The number of urea groups is 1. The fourth-order valence-electron chi connectivity index (χ4n) is 5.79. The fourth-order valence-corrected chi connectivity index (χ4v) is 5.79. The van der Waals surface area contributed by atoms with Crippen LogP contribution in [-0.2, 0) is 10.3 Å². The molecule has 1 aromatic carbocycles. The molecule has 3 aromatic heterocycles. The number of halogens is 1. The van der Waals surface area contributed by atoms with E-state index in [2.05, 4.69) is 36.3 Å². The summed E-state index contributed by atoms with van der Waals surface area (Å²) >= 11 is 0. The Morgan fingerprint density at radius 1 is 1.24 bits per heavy atom. The minimum absolute atomic E-state index is 0.0378. The van der Waals surface area contributed by atoms with Crippen molar-refractivity contribution in [3.63, 3.8) is 0 Å². The van der Waals surface area contributed by atoms with Crippen LogP contribution in [0.25, 0.3) is 22.3 Å². The Labute approximate surface area is 234 Å². The Balaban J connectivity index is 1.08. The minimum atomic E-state index is -0.726. The van der Waals surface area contributed by atoms with Crippen molar-refractivity contribution in [2.24, 2.45) is 0 Å². The van der Waals surface area contributed by atoms with E-state index < -0.39 is 17.3 Å². The molecule has 0 aliphatic carbocycles. The number of piperidine rings is 1. The summed E-state index contributed by atoms with van der Waals surface area (Å²) in [5.74, 6) is -1.32. The molecule has 5 heterocycles. The predicted molar refractivity (Wildman–Crippen MR) is 146 cm³/mol. The molecule has 4 aromatic rings. The third-order valence-corrected chi connectivity index (χ3v) is 8.00. The minimum Gasteiger partial charge on any atom is -0.465 e. The molecule has 2 fully saturated rings. The van der Waals surface area contributed by atoms with E-state index in [9.17, 15) is 19.2 Å². The molecular formula is C28H28FN9O3. The first-order chi connectivity index (χ1) is 19.9. The van der Waals surface area contributed by atoms with Crippen molar-refractivity contribution in [1.29, 1.82) is 5.26 Å². The van der Waals surface area contributed by atoms with Crippen molar-refractivity contribution in [1.82, 2.24) is 34.5 Å². The van der Waals surface area contributed by atoms with Gasteiger partial charge in [0.25, 0.3) is 0 Å². The van der Waals surface area contributed by atoms with E-state index in [1.807, 2.05) is 23.1 Å². The van der Waals surface area contributed by atoms with E-state index in [1.165, 1.54) is 25.6 Å². The number of anilines is 1. The number of rotatable bonds is 6. The van der Waals surface area contributed by atoms with Gasteiger partial charge in [0.15, 0.2) is 0 Å². The van der Waals surface area contributed by atoms with Gasteiger partial charge in [-0.25, -0.2) is 23.9 Å². The average molecular weight is 558 g/mol. The molecule has 41 heavy (non-hydrogen) atoms. The number of esters is 1. The molecule has 2 N–H and O–H groups in total. The number of nitrogens with zero attached hydrogens (tertiary/aromatic N) is 7. The number of aromatic amines is 1. The van der Waals surface area contributed by atoms with Crippen molar-refractivity contribution in [2.45, 2.75) is 30.8 Å². The van der Waals surface area contributed by atoms with E-state index >= 15 is 0 Å². The Hall–Kier alpha value is -4.83. The van der Waals surface area contributed by atoms with Crippen LogP contribution in [0.4, 0.5) is 14.9 Å². The number of aromatic nitrogens is 5. The number of nitrogens with one attached hydrogen (secondary N) is 2. The van der Waals surface area contributed by atoms with Crippen molar-refractivity contribution in [2.75, 3.05) is 38.6 Å². The van der Waals surface area contributed by atoms with Gasteiger partial charge in [-0.05, 0) is 37.1 Å². The largest absolute Gasteiger partial charge is 0.465 e. The maximum absolute atomic E-state index is 13.7. The van der Waals surface area contributed by atoms with Gasteiger partial charge in [0.05, 0.1) is 42.7 Å². The Bertz CT molecular complexity index is 1640. The predicted octanol–water partition coefficient (Wildman–Crippen LogP) is 3.37. The van der Waals surface area contributed by atoms with Gasteiger partial charge in [-0.1, -0.05) is 0 Å². The van der Waals surface area contributed by atoms with Gasteiger partial charge >= 0.3 is 12.0 Å². The number of H-pyrrole nitrogens is 1. The fraction of sp³-hybridized carbons (Fsp3) is 0.357. The second kappa shape index (κ2) is 10.6. The molecule has 2 saturated heterocycles. The van der Waals surface area contributed by atoms with Crippen LogP contribution in [0.3, 0.4) is 0 Å². The molecule has 0 unspecified atom stereocenters. The highest BCUT2D eigenvalue weighted by Crippen LogP contribution is 2.37. The maximum Gasteiger partial charge on any atom is 0.340 e. The monoisotopic (exact) mass is 557 g/mol. The molecule has 2 aliphatic heterocycles. The zero-order valence-electron chi connectivity index (χ0n) is 22.4. The lowest BCUT2D eigenvalue weighted by atomic mass is 9.84. The van der Waals surface area contributed by atoms with E-state index in [0.29, 0.717) is 32.6 Å². The summed E-state index contributed by atoms with van der Waals surface area (Å²) in [7, 11) is 1.20. The van der Waals surface area contributed by atoms with Crippen molar-refractivity contribution < 1.29 is 18.7 Å². The summed E-state index contributed by atoms with van der Waals surface area (Å²) in [5, 5.41) is 17.9. The molecule has 210 valence electrons. The van der Waals surface area contributed by atoms with Gasteiger partial charge < -0.3 is 19.9 Å². The zero-order valence-corrected chi connectivity index (χ0v) is 22.4. The van der Waals surface area contributed by atoms with Crippen LogP contribution in [-0.4, -0.2) is 85.9 Å². The molecule has 0 saturated carbocycles. The summed E-state index contributed by atoms with van der Waals surface area (Å²) in [6, 6.07) is 7.76. The molecule has 12 nitrogen and oxygen atoms in total. The number of carbonyl (C=O) groups excluding carboxylic acids is 2. The molecule has 13 heteroatoms. The first-order valence-electron chi connectivity index (χ1n) is 13.3. The summed E-state index contributed by atoms with van der Waals surface area (Å²) in [6.07, 6.45) is 8.93. The first kappa shape index (κ1) is 26.4. The summed E-state index contributed by atoms with van der Waals surface area (Å²) in [6.45, 7) is 2.42. The number of benzene rings is 1. The molecule has 2 amide bonds. The van der Waals surface area contributed by atoms with Crippen molar-refractivity contribution in [3.05, 3.63) is 60.6 Å². The van der Waals surface area contributed by atoms with E-state index in [-0.39, 0.29) is 23.3 Å². The van der Waals surface area contributed by atoms with Crippen LogP contribution < -0.4 is 5.32 Å². The lowest BCUT2D eigenvalue weighted by molar-refractivity contribution is -0.0399. The normalized spacial score (nSPS) is 17.1. The number of fused-ring (bicyclic) bond motifs is 1. The van der Waals surface area contributed by atoms with Crippen LogP contribution in [0.2, 0.25) is 0 Å². The van der Waals surface area contributed by atoms with Gasteiger partial charge in [0, 0.05) is 55.6 Å². The molecule has 2 aliphatic rings. The summed E-state index contributed by atoms with van der Waals surface area (Å²) < 4.78 is 20.3. The zero-order chi connectivity index (χ0) is 28.6.